The third-order valence-electron chi connectivity index (χ3n) is 3.70. The molecule has 1 heterocycles. The van der Waals surface area contributed by atoms with Crippen LogP contribution in [-0.4, -0.2) is 0 Å². The van der Waals surface area contributed by atoms with Gasteiger partial charge in [0.05, 0.1) is 0 Å². The third kappa shape index (κ3) is 4.21. The molecule has 19 heavy (non-hydrogen) atoms. The molecule has 1 aromatic heterocycles. The van der Waals surface area contributed by atoms with E-state index < -0.39 is 0 Å². The zero-order valence-electron chi connectivity index (χ0n) is 12.0. The van der Waals surface area contributed by atoms with Crippen LogP contribution in [-0.2, 0) is 0 Å². The Balaban J connectivity index is 1.79. The molecule has 0 radical (unpaired) electrons. The topological polar surface area (TPSA) is 0 Å². The summed E-state index contributed by atoms with van der Waals surface area (Å²) >= 11 is 1.82. The molecule has 2 aromatic rings. The summed E-state index contributed by atoms with van der Waals surface area (Å²) in [6.07, 6.45) is 9.26. The minimum atomic E-state index is 1.14. The van der Waals surface area contributed by atoms with E-state index in [0.29, 0.717) is 0 Å². The number of thiophene rings is 1. The lowest BCUT2D eigenvalue weighted by Gasteiger charge is -2.06. The zero-order valence-corrected chi connectivity index (χ0v) is 12.8. The average Bonchev–Trinajstić information content (AvgIpc) is 2.89. The Labute approximate surface area is 121 Å². The molecule has 102 valence electrons. The van der Waals surface area contributed by atoms with Crippen molar-refractivity contribution in [1.82, 2.24) is 0 Å². The minimum absolute atomic E-state index is 1.14. The van der Waals surface area contributed by atoms with Crippen molar-refractivity contribution in [3.63, 3.8) is 0 Å². The van der Waals surface area contributed by atoms with Crippen molar-refractivity contribution in [2.24, 2.45) is 0 Å². The molecule has 0 amide bonds. The lowest BCUT2D eigenvalue weighted by molar-refractivity contribution is 0.613. The van der Waals surface area contributed by atoms with E-state index in [0.717, 1.165) is 6.42 Å². The van der Waals surface area contributed by atoms with Crippen LogP contribution in [0.15, 0.2) is 36.2 Å². The molecule has 0 atom stereocenters. The van der Waals surface area contributed by atoms with Gasteiger partial charge in [0.2, 0.25) is 0 Å². The van der Waals surface area contributed by atoms with E-state index in [-0.39, 0.29) is 0 Å². The van der Waals surface area contributed by atoms with E-state index in [2.05, 4.69) is 43.1 Å². The standard InChI is InChI=1S/C18H24S/c1-3-4-5-6-7-8-9-15(2)17-11-10-16-12-13-19-18(16)14-17/h10-14H,2-9H2,1H3. The highest BCUT2D eigenvalue weighted by atomic mass is 32.1. The predicted molar refractivity (Wildman–Crippen MR) is 88.9 cm³/mol. The molecule has 0 bridgehead atoms. The van der Waals surface area contributed by atoms with Crippen LogP contribution < -0.4 is 0 Å². The van der Waals surface area contributed by atoms with Crippen molar-refractivity contribution in [3.05, 3.63) is 41.8 Å². The van der Waals surface area contributed by atoms with Gasteiger partial charge in [-0.2, -0.15) is 0 Å². The highest BCUT2D eigenvalue weighted by Gasteiger charge is 2.02. The maximum Gasteiger partial charge on any atom is 0.0348 e. The van der Waals surface area contributed by atoms with Gasteiger partial charge < -0.3 is 0 Å². The van der Waals surface area contributed by atoms with Crippen LogP contribution in [0, 0.1) is 0 Å². The Kier molecular flexibility index (Phi) is 5.65. The van der Waals surface area contributed by atoms with Crippen molar-refractivity contribution in [2.45, 2.75) is 51.9 Å². The fourth-order valence-corrected chi connectivity index (χ4v) is 3.27. The molecule has 2 rings (SSSR count). The van der Waals surface area contributed by atoms with Gasteiger partial charge in [-0.05, 0) is 46.9 Å². The first kappa shape index (κ1) is 14.3. The fourth-order valence-electron chi connectivity index (χ4n) is 2.44. The van der Waals surface area contributed by atoms with E-state index in [1.807, 2.05) is 11.3 Å². The summed E-state index contributed by atoms with van der Waals surface area (Å²) in [4.78, 5) is 0. The summed E-state index contributed by atoms with van der Waals surface area (Å²) in [7, 11) is 0. The van der Waals surface area contributed by atoms with E-state index >= 15 is 0 Å². The Morgan fingerprint density at radius 1 is 1.05 bits per heavy atom. The van der Waals surface area contributed by atoms with Crippen LogP contribution in [0.25, 0.3) is 15.7 Å². The van der Waals surface area contributed by atoms with Crippen LogP contribution in [0.1, 0.15) is 57.4 Å². The molecule has 0 spiro atoms. The Morgan fingerprint density at radius 3 is 2.68 bits per heavy atom. The number of fused-ring (bicyclic) bond motifs is 1. The fraction of sp³-hybridized carbons (Fsp3) is 0.444. The molecular formula is C18H24S. The van der Waals surface area contributed by atoms with E-state index in [1.165, 1.54) is 59.7 Å². The maximum absolute atomic E-state index is 4.25. The van der Waals surface area contributed by atoms with Crippen molar-refractivity contribution in [1.29, 1.82) is 0 Å². The first-order valence-corrected chi connectivity index (χ1v) is 8.34. The summed E-state index contributed by atoms with van der Waals surface area (Å²) in [5.41, 5.74) is 2.62. The molecule has 0 saturated carbocycles. The lowest BCUT2D eigenvalue weighted by atomic mass is 10.00. The maximum atomic E-state index is 4.25. The molecule has 0 fully saturated rings. The van der Waals surface area contributed by atoms with Gasteiger partial charge in [-0.3, -0.25) is 0 Å². The Bertz CT molecular complexity index is 521. The van der Waals surface area contributed by atoms with E-state index in [1.54, 1.807) is 0 Å². The monoisotopic (exact) mass is 272 g/mol. The van der Waals surface area contributed by atoms with Gasteiger partial charge in [0, 0.05) is 4.70 Å². The second kappa shape index (κ2) is 7.49. The lowest BCUT2D eigenvalue weighted by Crippen LogP contribution is -1.84. The normalized spacial score (nSPS) is 11.0. The highest BCUT2D eigenvalue weighted by molar-refractivity contribution is 7.17. The van der Waals surface area contributed by atoms with Crippen LogP contribution >= 0.6 is 11.3 Å². The smallest absolute Gasteiger partial charge is 0.0348 e. The average molecular weight is 272 g/mol. The van der Waals surface area contributed by atoms with Gasteiger partial charge >= 0.3 is 0 Å². The second-order valence-electron chi connectivity index (χ2n) is 5.29. The largest absolute Gasteiger partial charge is 0.144 e. The highest BCUT2D eigenvalue weighted by Crippen LogP contribution is 2.27. The van der Waals surface area contributed by atoms with E-state index in [4.69, 9.17) is 0 Å². The first-order chi connectivity index (χ1) is 9.31. The summed E-state index contributed by atoms with van der Waals surface area (Å²) in [6.45, 7) is 6.52. The molecule has 0 nitrogen and oxygen atoms in total. The molecule has 0 aliphatic heterocycles. The number of benzene rings is 1. The Hall–Kier alpha value is -1.08. The van der Waals surface area contributed by atoms with Gasteiger partial charge in [0.25, 0.3) is 0 Å². The second-order valence-corrected chi connectivity index (χ2v) is 6.24. The van der Waals surface area contributed by atoms with Crippen molar-refractivity contribution in [2.75, 3.05) is 0 Å². The summed E-state index contributed by atoms with van der Waals surface area (Å²) in [5, 5.41) is 3.51. The van der Waals surface area contributed by atoms with E-state index in [9.17, 15) is 0 Å². The van der Waals surface area contributed by atoms with Crippen LogP contribution in [0.3, 0.4) is 0 Å². The van der Waals surface area contributed by atoms with Gasteiger partial charge in [-0.1, -0.05) is 57.7 Å². The van der Waals surface area contributed by atoms with Crippen LogP contribution in [0.2, 0.25) is 0 Å². The first-order valence-electron chi connectivity index (χ1n) is 7.46. The van der Waals surface area contributed by atoms with Crippen molar-refractivity contribution in [3.8, 4) is 0 Å². The third-order valence-corrected chi connectivity index (χ3v) is 4.58. The zero-order chi connectivity index (χ0) is 13.5. The quantitative estimate of drug-likeness (QED) is 0.471. The predicted octanol–water partition coefficient (Wildman–Crippen LogP) is 6.67. The van der Waals surface area contributed by atoms with Gasteiger partial charge in [-0.25, -0.2) is 0 Å². The number of hydrogen-bond acceptors (Lipinski definition) is 1. The number of unbranched alkanes of at least 4 members (excludes halogenated alkanes) is 5. The number of rotatable bonds is 8. The van der Waals surface area contributed by atoms with Gasteiger partial charge in [-0.15, -0.1) is 11.3 Å². The number of allylic oxidation sites excluding steroid dienone is 1. The van der Waals surface area contributed by atoms with Crippen molar-refractivity contribution >= 4 is 27.0 Å². The molecule has 0 aliphatic rings. The molecule has 1 heteroatoms. The molecule has 0 unspecified atom stereocenters. The van der Waals surface area contributed by atoms with Crippen LogP contribution in [0.4, 0.5) is 0 Å². The van der Waals surface area contributed by atoms with Gasteiger partial charge in [0.15, 0.2) is 0 Å². The molecule has 1 aromatic carbocycles. The minimum Gasteiger partial charge on any atom is -0.144 e. The van der Waals surface area contributed by atoms with Crippen LogP contribution in [0.5, 0.6) is 0 Å². The molecule has 0 saturated heterocycles. The number of hydrogen-bond donors (Lipinski definition) is 0. The van der Waals surface area contributed by atoms with Gasteiger partial charge in [0.1, 0.15) is 0 Å². The molecule has 0 aliphatic carbocycles. The summed E-state index contributed by atoms with van der Waals surface area (Å²) < 4.78 is 1.38. The SMILES string of the molecule is C=C(CCCCCCCC)c1ccc2ccsc2c1. The molecular weight excluding hydrogens is 248 g/mol. The summed E-state index contributed by atoms with van der Waals surface area (Å²) in [6, 6.07) is 8.90. The summed E-state index contributed by atoms with van der Waals surface area (Å²) in [5.74, 6) is 0. The van der Waals surface area contributed by atoms with Crippen molar-refractivity contribution < 1.29 is 0 Å². The molecule has 0 N–H and O–H groups in total. The Morgan fingerprint density at radius 2 is 1.84 bits per heavy atom.